The number of nitrogens with one attached hydrogen (secondary N) is 1. The van der Waals surface area contributed by atoms with Crippen LogP contribution in [0, 0.1) is 0 Å². The molecule has 0 aliphatic heterocycles. The van der Waals surface area contributed by atoms with Gasteiger partial charge in [-0.1, -0.05) is 59.2 Å². The standard InChI is InChI=1S/C19H33NO/c1-7-9-16(6)20-12-13-21-19-17(14(2)3)10-8-11-18(19)15(4)5/h8,10-11,14-16,20H,7,9,12-13H2,1-6H3. The zero-order chi connectivity index (χ0) is 15.8. The molecule has 120 valence electrons. The third-order valence-corrected chi connectivity index (χ3v) is 3.88. The van der Waals surface area contributed by atoms with Crippen LogP contribution in [-0.2, 0) is 0 Å². The molecule has 0 aliphatic carbocycles. The molecule has 0 bridgehead atoms. The van der Waals surface area contributed by atoms with Gasteiger partial charge < -0.3 is 10.1 Å². The van der Waals surface area contributed by atoms with Gasteiger partial charge in [-0.15, -0.1) is 0 Å². The smallest absolute Gasteiger partial charge is 0.126 e. The van der Waals surface area contributed by atoms with Gasteiger partial charge in [-0.2, -0.15) is 0 Å². The highest BCUT2D eigenvalue weighted by Crippen LogP contribution is 2.34. The molecule has 0 fully saturated rings. The molecule has 0 aliphatic rings. The highest BCUT2D eigenvalue weighted by molar-refractivity contribution is 5.44. The Morgan fingerprint density at radius 1 is 1.00 bits per heavy atom. The van der Waals surface area contributed by atoms with E-state index in [9.17, 15) is 0 Å². The van der Waals surface area contributed by atoms with E-state index >= 15 is 0 Å². The molecule has 0 aromatic heterocycles. The molecule has 1 unspecified atom stereocenters. The largest absolute Gasteiger partial charge is 0.492 e. The number of hydrogen-bond acceptors (Lipinski definition) is 2. The Hall–Kier alpha value is -1.02. The summed E-state index contributed by atoms with van der Waals surface area (Å²) in [6.07, 6.45) is 2.45. The monoisotopic (exact) mass is 291 g/mol. The highest BCUT2D eigenvalue weighted by atomic mass is 16.5. The first-order valence-electron chi connectivity index (χ1n) is 8.46. The highest BCUT2D eigenvalue weighted by Gasteiger charge is 2.14. The minimum Gasteiger partial charge on any atom is -0.492 e. The van der Waals surface area contributed by atoms with E-state index in [-0.39, 0.29) is 0 Å². The molecular weight excluding hydrogens is 258 g/mol. The maximum Gasteiger partial charge on any atom is 0.126 e. The number of hydrogen-bond donors (Lipinski definition) is 1. The van der Waals surface area contributed by atoms with E-state index in [0.29, 0.717) is 17.9 Å². The molecule has 0 radical (unpaired) electrons. The Balaban J connectivity index is 2.68. The summed E-state index contributed by atoms with van der Waals surface area (Å²) in [7, 11) is 0. The number of ether oxygens (including phenoxy) is 1. The fraction of sp³-hybridized carbons (Fsp3) is 0.684. The average molecular weight is 291 g/mol. The van der Waals surface area contributed by atoms with Crippen molar-refractivity contribution in [2.24, 2.45) is 0 Å². The number of para-hydroxylation sites is 1. The molecule has 0 spiro atoms. The summed E-state index contributed by atoms with van der Waals surface area (Å²) in [5.74, 6) is 2.09. The lowest BCUT2D eigenvalue weighted by atomic mass is 9.94. The van der Waals surface area contributed by atoms with E-state index in [1.54, 1.807) is 0 Å². The van der Waals surface area contributed by atoms with Gasteiger partial charge in [0.15, 0.2) is 0 Å². The van der Waals surface area contributed by atoms with Crippen LogP contribution in [0.25, 0.3) is 0 Å². The molecular formula is C19H33NO. The molecule has 1 aromatic carbocycles. The quantitative estimate of drug-likeness (QED) is 0.640. The molecule has 1 aromatic rings. The van der Waals surface area contributed by atoms with E-state index in [0.717, 1.165) is 18.9 Å². The molecule has 0 heterocycles. The second kappa shape index (κ2) is 9.09. The first-order valence-corrected chi connectivity index (χ1v) is 8.46. The van der Waals surface area contributed by atoms with Crippen molar-refractivity contribution in [3.8, 4) is 5.75 Å². The van der Waals surface area contributed by atoms with E-state index in [4.69, 9.17) is 4.74 Å². The Kier molecular flexibility index (Phi) is 7.81. The molecule has 21 heavy (non-hydrogen) atoms. The maximum atomic E-state index is 6.16. The van der Waals surface area contributed by atoms with Gasteiger partial charge in [0.05, 0.1) is 0 Å². The van der Waals surface area contributed by atoms with Gasteiger partial charge in [-0.25, -0.2) is 0 Å². The summed E-state index contributed by atoms with van der Waals surface area (Å²) in [6.45, 7) is 15.0. The van der Waals surface area contributed by atoms with E-state index in [1.807, 2.05) is 0 Å². The maximum absolute atomic E-state index is 6.16. The first-order chi connectivity index (χ1) is 9.97. The van der Waals surface area contributed by atoms with Crippen molar-refractivity contribution < 1.29 is 4.74 Å². The van der Waals surface area contributed by atoms with Gasteiger partial charge in [0.2, 0.25) is 0 Å². The third-order valence-electron chi connectivity index (χ3n) is 3.88. The molecule has 0 amide bonds. The number of benzene rings is 1. The minimum atomic E-state index is 0.491. The van der Waals surface area contributed by atoms with Gasteiger partial charge >= 0.3 is 0 Å². The van der Waals surface area contributed by atoms with Gasteiger partial charge in [0.25, 0.3) is 0 Å². The summed E-state index contributed by atoms with van der Waals surface area (Å²) in [4.78, 5) is 0. The van der Waals surface area contributed by atoms with Crippen LogP contribution in [-0.4, -0.2) is 19.2 Å². The summed E-state index contributed by atoms with van der Waals surface area (Å²) in [5.41, 5.74) is 2.64. The molecule has 1 rings (SSSR count). The Labute approximate surface area is 131 Å². The van der Waals surface area contributed by atoms with Crippen LogP contribution in [0.1, 0.15) is 77.3 Å². The topological polar surface area (TPSA) is 21.3 Å². The Bertz CT molecular complexity index is 386. The summed E-state index contributed by atoms with van der Waals surface area (Å²) >= 11 is 0. The van der Waals surface area contributed by atoms with Crippen molar-refractivity contribution in [1.29, 1.82) is 0 Å². The van der Waals surface area contributed by atoms with Gasteiger partial charge in [-0.3, -0.25) is 0 Å². The van der Waals surface area contributed by atoms with Crippen LogP contribution in [0.2, 0.25) is 0 Å². The van der Waals surface area contributed by atoms with Crippen LogP contribution < -0.4 is 10.1 Å². The predicted octanol–water partition coefficient (Wildman–Crippen LogP) is 5.09. The SMILES string of the molecule is CCCC(C)NCCOc1c(C(C)C)cccc1C(C)C. The van der Waals surface area contributed by atoms with Crippen molar-refractivity contribution in [2.45, 2.75) is 72.3 Å². The van der Waals surface area contributed by atoms with Crippen LogP contribution in [0.3, 0.4) is 0 Å². The Morgan fingerprint density at radius 3 is 2.05 bits per heavy atom. The molecule has 2 nitrogen and oxygen atoms in total. The van der Waals surface area contributed by atoms with Crippen LogP contribution in [0.5, 0.6) is 5.75 Å². The molecule has 2 heteroatoms. The van der Waals surface area contributed by atoms with Crippen molar-refractivity contribution in [3.05, 3.63) is 29.3 Å². The lowest BCUT2D eigenvalue weighted by Gasteiger charge is -2.20. The molecule has 1 N–H and O–H groups in total. The van der Waals surface area contributed by atoms with Gasteiger partial charge in [-0.05, 0) is 36.3 Å². The van der Waals surface area contributed by atoms with Gasteiger partial charge in [0.1, 0.15) is 12.4 Å². The average Bonchev–Trinajstić information content (AvgIpc) is 2.43. The van der Waals surface area contributed by atoms with Crippen LogP contribution in [0.4, 0.5) is 0 Å². The minimum absolute atomic E-state index is 0.491. The first kappa shape index (κ1) is 18.0. The van der Waals surface area contributed by atoms with Crippen molar-refractivity contribution in [3.63, 3.8) is 0 Å². The summed E-state index contributed by atoms with van der Waals surface area (Å²) in [5, 5.41) is 3.53. The summed E-state index contributed by atoms with van der Waals surface area (Å²) < 4.78 is 6.16. The van der Waals surface area contributed by atoms with Crippen LogP contribution >= 0.6 is 0 Å². The fourth-order valence-corrected chi connectivity index (χ4v) is 2.64. The van der Waals surface area contributed by atoms with E-state index < -0.39 is 0 Å². The van der Waals surface area contributed by atoms with Crippen LogP contribution in [0.15, 0.2) is 18.2 Å². The normalized spacial score (nSPS) is 13.0. The van der Waals surface area contributed by atoms with Gasteiger partial charge in [0, 0.05) is 12.6 Å². The lowest BCUT2D eigenvalue weighted by Crippen LogP contribution is -2.30. The lowest BCUT2D eigenvalue weighted by molar-refractivity contribution is 0.297. The molecule has 1 atom stereocenters. The van der Waals surface area contributed by atoms with E-state index in [1.165, 1.54) is 24.0 Å². The predicted molar refractivity (Wildman–Crippen MR) is 92.5 cm³/mol. The zero-order valence-corrected chi connectivity index (χ0v) is 14.7. The molecule has 0 saturated heterocycles. The fourth-order valence-electron chi connectivity index (χ4n) is 2.64. The second-order valence-corrected chi connectivity index (χ2v) is 6.57. The third kappa shape index (κ3) is 5.70. The summed E-state index contributed by atoms with van der Waals surface area (Å²) in [6, 6.07) is 7.11. The second-order valence-electron chi connectivity index (χ2n) is 6.57. The number of rotatable bonds is 9. The van der Waals surface area contributed by atoms with E-state index in [2.05, 4.69) is 65.1 Å². The van der Waals surface area contributed by atoms with Crippen molar-refractivity contribution in [1.82, 2.24) is 5.32 Å². The zero-order valence-electron chi connectivity index (χ0n) is 14.7. The Morgan fingerprint density at radius 2 is 1.57 bits per heavy atom. The van der Waals surface area contributed by atoms with Crippen molar-refractivity contribution >= 4 is 0 Å². The molecule has 0 saturated carbocycles. The van der Waals surface area contributed by atoms with Crippen molar-refractivity contribution in [2.75, 3.05) is 13.2 Å².